The van der Waals surface area contributed by atoms with Gasteiger partial charge in [0.25, 0.3) is 0 Å². The Morgan fingerprint density at radius 2 is 0.583 bits per heavy atom. The van der Waals surface area contributed by atoms with E-state index >= 15 is 0 Å². The number of rotatable bonds is 3. The largest absolute Gasteiger partial charge is 0.394 e. The smallest absolute Gasteiger partial charge is 0.173 e. The Balaban J connectivity index is 0.000000270. The molecule has 3 fully saturated rings. The maximum absolute atomic E-state index is 9.20. The highest BCUT2D eigenvalue weighted by Crippen LogP contribution is 2.19. The van der Waals surface area contributed by atoms with Gasteiger partial charge >= 0.3 is 0 Å². The minimum atomic E-state index is -1.35. The van der Waals surface area contributed by atoms with E-state index in [0.717, 1.165) is 0 Å². The first-order valence-electron chi connectivity index (χ1n) is 10.9. The lowest BCUT2D eigenvalue weighted by Crippen LogP contribution is -2.61. The summed E-state index contributed by atoms with van der Waals surface area (Å²) in [5, 5.41) is 108. The highest BCUT2D eigenvalue weighted by atomic mass is 16.6. The lowest BCUT2D eigenvalue weighted by atomic mass is 9.98. The number of nitrogens with two attached hydrogens (primary N) is 3. The lowest BCUT2D eigenvalue weighted by Gasteiger charge is -2.38. The Morgan fingerprint density at radius 3 is 0.750 bits per heavy atom. The summed E-state index contributed by atoms with van der Waals surface area (Å²) >= 11 is 0. The number of aliphatic hydroxyl groups is 12. The molecule has 18 N–H and O–H groups in total. The highest BCUT2D eigenvalue weighted by molar-refractivity contribution is 4.92. The summed E-state index contributed by atoms with van der Waals surface area (Å²) in [4.78, 5) is 0. The molecule has 0 aromatic rings. The van der Waals surface area contributed by atoms with E-state index in [1.54, 1.807) is 0 Å². The van der Waals surface area contributed by atoms with Gasteiger partial charge in [-0.1, -0.05) is 0 Å². The molecule has 0 aromatic carbocycles. The summed E-state index contributed by atoms with van der Waals surface area (Å²) < 4.78 is 14.1. The van der Waals surface area contributed by atoms with Gasteiger partial charge in [-0.05, 0) is 0 Å². The van der Waals surface area contributed by atoms with Gasteiger partial charge in [-0.3, -0.25) is 0 Å². The Kier molecular flexibility index (Phi) is 13.9. The van der Waals surface area contributed by atoms with E-state index in [1.807, 2.05) is 0 Å². The molecule has 0 bridgehead atoms. The average Bonchev–Trinajstić information content (AvgIpc) is 2.87. The topological polar surface area (TPSA) is 349 Å². The van der Waals surface area contributed by atoms with Crippen LogP contribution in [0.15, 0.2) is 0 Å². The van der Waals surface area contributed by atoms with Crippen LogP contribution in [0.3, 0.4) is 0 Å². The summed E-state index contributed by atoms with van der Waals surface area (Å²) in [6.07, 6.45) is -14.6. The van der Waals surface area contributed by atoms with Crippen molar-refractivity contribution in [1.82, 2.24) is 0 Å². The van der Waals surface area contributed by atoms with Crippen LogP contribution in [0.5, 0.6) is 0 Å². The molecule has 0 spiro atoms. The fraction of sp³-hybridized carbons (Fsp3) is 1.00. The van der Waals surface area contributed by atoms with Crippen molar-refractivity contribution >= 4 is 0 Å². The fourth-order valence-electron chi connectivity index (χ4n) is 3.35. The van der Waals surface area contributed by atoms with Crippen molar-refractivity contribution in [3.63, 3.8) is 0 Å². The van der Waals surface area contributed by atoms with E-state index in [4.69, 9.17) is 62.1 Å². The monoisotopic (exact) mass is 537 g/mol. The molecule has 3 saturated heterocycles. The third-order valence-corrected chi connectivity index (χ3v) is 5.85. The van der Waals surface area contributed by atoms with Gasteiger partial charge in [0.15, 0.2) is 18.9 Å². The molecule has 15 atom stereocenters. The van der Waals surface area contributed by atoms with E-state index in [2.05, 4.69) is 0 Å². The predicted molar refractivity (Wildman–Crippen MR) is 114 cm³/mol. The summed E-state index contributed by atoms with van der Waals surface area (Å²) in [5.74, 6) is 0. The minimum Gasteiger partial charge on any atom is -0.394 e. The van der Waals surface area contributed by atoms with Gasteiger partial charge in [-0.25, -0.2) is 0 Å². The molecule has 3 rings (SSSR count). The quantitative estimate of drug-likeness (QED) is 0.159. The molecule has 3 aliphatic heterocycles. The third-order valence-electron chi connectivity index (χ3n) is 5.85. The molecular formula is C18H39N3O15. The second-order valence-electron chi connectivity index (χ2n) is 8.42. The molecule has 0 amide bonds. The SMILES string of the molecule is N[C@@H]1C(O)O[C@H](CO)[C@@H](O)[C@@H]1O.N[C@H]1C(O)O[C@H](CO)[C@@H](O)[C@@H]1O.N[C@H]1C(O)O[C@H](CO)[C@H](O)[C@@H]1O. The van der Waals surface area contributed by atoms with E-state index in [1.165, 1.54) is 0 Å². The first-order valence-corrected chi connectivity index (χ1v) is 10.9. The third kappa shape index (κ3) is 8.14. The summed E-state index contributed by atoms with van der Waals surface area (Å²) in [7, 11) is 0. The Labute approximate surface area is 205 Å². The molecule has 36 heavy (non-hydrogen) atoms. The zero-order valence-corrected chi connectivity index (χ0v) is 19.1. The molecular weight excluding hydrogens is 498 g/mol. The van der Waals surface area contributed by atoms with E-state index in [0.29, 0.717) is 0 Å². The van der Waals surface area contributed by atoms with Crippen LogP contribution in [-0.4, -0.2) is 173 Å². The normalized spacial score (nSPS) is 49.2. The van der Waals surface area contributed by atoms with Crippen molar-refractivity contribution in [2.75, 3.05) is 19.8 Å². The molecule has 0 aromatic heterocycles. The van der Waals surface area contributed by atoms with E-state index in [9.17, 15) is 30.6 Å². The first kappa shape index (κ1) is 33.3. The maximum atomic E-state index is 9.20. The molecule has 3 unspecified atom stereocenters. The van der Waals surface area contributed by atoms with Crippen molar-refractivity contribution in [3.8, 4) is 0 Å². The Bertz CT molecular complexity index is 531. The van der Waals surface area contributed by atoms with E-state index in [-0.39, 0.29) is 0 Å². The van der Waals surface area contributed by atoms with Crippen LogP contribution < -0.4 is 17.2 Å². The Hall–Kier alpha value is -0.720. The summed E-state index contributed by atoms with van der Waals surface area (Å²) in [5.41, 5.74) is 15.8. The van der Waals surface area contributed by atoms with Crippen molar-refractivity contribution in [2.45, 2.75) is 91.9 Å². The number of hydrogen-bond acceptors (Lipinski definition) is 18. The molecule has 3 aliphatic rings. The van der Waals surface area contributed by atoms with Crippen molar-refractivity contribution < 1.29 is 75.5 Å². The zero-order chi connectivity index (χ0) is 27.9. The second kappa shape index (κ2) is 15.0. The minimum absolute atomic E-state index is 0.470. The fourth-order valence-corrected chi connectivity index (χ4v) is 3.35. The molecule has 216 valence electrons. The maximum Gasteiger partial charge on any atom is 0.173 e. The van der Waals surface area contributed by atoms with Gasteiger partial charge in [-0.15, -0.1) is 0 Å². The molecule has 0 aliphatic carbocycles. The highest BCUT2D eigenvalue weighted by Gasteiger charge is 2.43. The Morgan fingerprint density at radius 1 is 0.389 bits per heavy atom. The average molecular weight is 538 g/mol. The standard InChI is InChI=1S/3C6H13NO5/c3*7-3-5(10)4(9)2(1-8)12-6(3)11/h3*2-6,8-11H,1,7H2/t2-,3+,4-,5-,6?;2-,3-,4+,5-,6?;2-,3-,4-,5-,6?/m111/s1. The molecule has 18 nitrogen and oxygen atoms in total. The van der Waals surface area contributed by atoms with Crippen LogP contribution in [0.2, 0.25) is 0 Å². The molecule has 3 heterocycles. The van der Waals surface area contributed by atoms with Gasteiger partial charge in [0.1, 0.15) is 54.9 Å². The lowest BCUT2D eigenvalue weighted by molar-refractivity contribution is -0.248. The van der Waals surface area contributed by atoms with Gasteiger partial charge in [-0.2, -0.15) is 0 Å². The zero-order valence-electron chi connectivity index (χ0n) is 19.1. The van der Waals surface area contributed by atoms with Crippen LogP contribution in [0.1, 0.15) is 0 Å². The van der Waals surface area contributed by atoms with Crippen molar-refractivity contribution in [1.29, 1.82) is 0 Å². The first-order chi connectivity index (χ1) is 16.7. The molecule has 0 radical (unpaired) electrons. The van der Waals surface area contributed by atoms with Crippen molar-refractivity contribution in [2.24, 2.45) is 17.2 Å². The summed E-state index contributed by atoms with van der Waals surface area (Å²) in [6.45, 7) is -1.41. The van der Waals surface area contributed by atoms with Crippen LogP contribution >= 0.6 is 0 Å². The van der Waals surface area contributed by atoms with E-state index < -0.39 is 112 Å². The van der Waals surface area contributed by atoms with Gasteiger partial charge in [0, 0.05) is 0 Å². The van der Waals surface area contributed by atoms with Crippen LogP contribution in [0.25, 0.3) is 0 Å². The predicted octanol–water partition coefficient (Wildman–Crippen LogP) is -9.77. The van der Waals surface area contributed by atoms with Gasteiger partial charge in [0.2, 0.25) is 0 Å². The van der Waals surface area contributed by atoms with Gasteiger partial charge < -0.3 is 92.7 Å². The molecule has 18 heteroatoms. The molecule has 0 saturated carbocycles. The van der Waals surface area contributed by atoms with Crippen LogP contribution in [-0.2, 0) is 14.2 Å². The second-order valence-corrected chi connectivity index (χ2v) is 8.42. The number of hydrogen-bond donors (Lipinski definition) is 15. The van der Waals surface area contributed by atoms with Crippen LogP contribution in [0, 0.1) is 0 Å². The number of ether oxygens (including phenoxy) is 3. The van der Waals surface area contributed by atoms with Crippen molar-refractivity contribution in [3.05, 3.63) is 0 Å². The van der Waals surface area contributed by atoms with Crippen LogP contribution in [0.4, 0.5) is 0 Å². The van der Waals surface area contributed by atoms with Gasteiger partial charge in [0.05, 0.1) is 37.9 Å². The summed E-state index contributed by atoms with van der Waals surface area (Å²) in [6, 6.07) is -3.12. The number of aliphatic hydroxyl groups excluding tert-OH is 12.